The molecule has 0 aliphatic rings. The number of halogens is 1. The molecule has 0 fully saturated rings. The number of nitrogens with one attached hydrogen (secondary N) is 2. The normalized spacial score (nSPS) is 10.3. The molecule has 2 amide bonds. The van der Waals surface area contributed by atoms with Gasteiger partial charge in [0.2, 0.25) is 0 Å². The van der Waals surface area contributed by atoms with Crippen LogP contribution in [0.25, 0.3) is 11.1 Å². The fourth-order valence-electron chi connectivity index (χ4n) is 3.12. The van der Waals surface area contributed by atoms with Crippen LogP contribution in [-0.2, 0) is 0 Å². The number of rotatable bonds is 7. The lowest BCUT2D eigenvalue weighted by atomic mass is 10.0. The van der Waals surface area contributed by atoms with Gasteiger partial charge in [-0.25, -0.2) is 4.79 Å². The molecule has 0 aromatic heterocycles. The van der Waals surface area contributed by atoms with E-state index in [-0.39, 0.29) is 6.03 Å². The molecule has 3 aromatic rings. The zero-order chi connectivity index (χ0) is 21.3. The highest BCUT2D eigenvalue weighted by Gasteiger charge is 2.16. The van der Waals surface area contributed by atoms with E-state index in [4.69, 9.17) is 16.9 Å². The highest BCUT2D eigenvalue weighted by atomic mass is 35.5. The topological polar surface area (TPSA) is 68.2 Å². The molecule has 6 heteroatoms. The molecular weight excluding hydrogens is 396 g/mol. The molecule has 0 unspecified atom stereocenters. The molecule has 0 heterocycles. The average molecular weight is 419 g/mol. The molecule has 0 aliphatic heterocycles. The number of urea groups is 1. The molecule has 152 valence electrons. The molecule has 30 heavy (non-hydrogen) atoms. The van der Waals surface area contributed by atoms with Crippen molar-refractivity contribution in [1.82, 2.24) is 5.32 Å². The standard InChI is InChI=1S/C24H23ClN4O/c1-27-13-4-14-29(24(30)28-22-8-3-7-21(25)16-22)23-11-9-19(10-12-23)20-6-2-5-18(15-20)17-26/h2-3,5-12,15-16,27H,4,13-14H2,1H3,(H,28,30). The fourth-order valence-corrected chi connectivity index (χ4v) is 3.31. The van der Waals surface area contributed by atoms with Crippen molar-refractivity contribution < 1.29 is 4.79 Å². The summed E-state index contributed by atoms with van der Waals surface area (Å²) in [5.41, 5.74) is 4.01. The Morgan fingerprint density at radius 2 is 1.80 bits per heavy atom. The van der Waals surface area contributed by atoms with E-state index in [2.05, 4.69) is 16.7 Å². The average Bonchev–Trinajstić information content (AvgIpc) is 2.77. The molecule has 0 saturated heterocycles. The van der Waals surface area contributed by atoms with Gasteiger partial charge < -0.3 is 10.6 Å². The number of benzene rings is 3. The number of hydrogen-bond donors (Lipinski definition) is 2. The zero-order valence-corrected chi connectivity index (χ0v) is 17.5. The van der Waals surface area contributed by atoms with E-state index in [9.17, 15) is 4.79 Å². The van der Waals surface area contributed by atoms with E-state index in [0.717, 1.165) is 29.8 Å². The third kappa shape index (κ3) is 5.60. The second-order valence-electron chi connectivity index (χ2n) is 6.79. The second kappa shape index (κ2) is 10.4. The lowest BCUT2D eigenvalue weighted by Crippen LogP contribution is -2.36. The fraction of sp³-hybridized carbons (Fsp3) is 0.167. The van der Waals surface area contributed by atoms with E-state index < -0.39 is 0 Å². The molecule has 0 spiro atoms. The summed E-state index contributed by atoms with van der Waals surface area (Å²) >= 11 is 6.03. The van der Waals surface area contributed by atoms with Crippen LogP contribution in [0.1, 0.15) is 12.0 Å². The number of nitrogens with zero attached hydrogens (tertiary/aromatic N) is 2. The predicted octanol–water partition coefficient (Wildman–Crippen LogP) is 5.53. The molecule has 3 aromatic carbocycles. The van der Waals surface area contributed by atoms with Crippen LogP contribution in [0.5, 0.6) is 0 Å². The summed E-state index contributed by atoms with van der Waals surface area (Å²) in [5, 5.41) is 15.7. The molecule has 0 radical (unpaired) electrons. The Morgan fingerprint density at radius 1 is 1.03 bits per heavy atom. The van der Waals surface area contributed by atoms with Crippen molar-refractivity contribution in [2.24, 2.45) is 0 Å². The Bertz CT molecular complexity index is 1040. The molecule has 0 atom stereocenters. The summed E-state index contributed by atoms with van der Waals surface area (Å²) in [6, 6.07) is 24.3. The molecule has 0 saturated carbocycles. The minimum Gasteiger partial charge on any atom is -0.320 e. The van der Waals surface area contributed by atoms with E-state index in [1.54, 1.807) is 35.2 Å². The first-order chi connectivity index (χ1) is 14.6. The van der Waals surface area contributed by atoms with Crippen molar-refractivity contribution >= 4 is 29.0 Å². The number of nitriles is 1. The van der Waals surface area contributed by atoms with Crippen molar-refractivity contribution in [1.29, 1.82) is 5.26 Å². The van der Waals surface area contributed by atoms with Gasteiger partial charge in [-0.1, -0.05) is 41.9 Å². The van der Waals surface area contributed by atoms with E-state index in [0.29, 0.717) is 22.8 Å². The van der Waals surface area contributed by atoms with Gasteiger partial charge in [-0.05, 0) is 73.6 Å². The van der Waals surface area contributed by atoms with Gasteiger partial charge in [0.25, 0.3) is 0 Å². The van der Waals surface area contributed by atoms with Crippen molar-refractivity contribution in [3.63, 3.8) is 0 Å². The smallest absolute Gasteiger partial charge is 0.320 e. The lowest BCUT2D eigenvalue weighted by Gasteiger charge is -2.24. The minimum atomic E-state index is -0.215. The maximum absolute atomic E-state index is 13.0. The van der Waals surface area contributed by atoms with Gasteiger partial charge in [0, 0.05) is 22.9 Å². The van der Waals surface area contributed by atoms with E-state index in [1.165, 1.54) is 0 Å². The van der Waals surface area contributed by atoms with Crippen molar-refractivity contribution in [3.8, 4) is 17.2 Å². The van der Waals surface area contributed by atoms with Crippen molar-refractivity contribution in [3.05, 3.63) is 83.4 Å². The summed E-state index contributed by atoms with van der Waals surface area (Å²) in [5.74, 6) is 0. The Morgan fingerprint density at radius 3 is 2.50 bits per heavy atom. The van der Waals surface area contributed by atoms with Crippen LogP contribution in [0.3, 0.4) is 0 Å². The molecule has 3 rings (SSSR count). The van der Waals surface area contributed by atoms with Crippen LogP contribution < -0.4 is 15.5 Å². The Balaban J connectivity index is 1.82. The molecular formula is C24H23ClN4O. The zero-order valence-electron chi connectivity index (χ0n) is 16.7. The first-order valence-corrected chi connectivity index (χ1v) is 10.1. The van der Waals surface area contributed by atoms with Gasteiger partial charge in [-0.2, -0.15) is 5.26 Å². The third-order valence-electron chi connectivity index (χ3n) is 4.63. The van der Waals surface area contributed by atoms with Crippen LogP contribution in [-0.4, -0.2) is 26.2 Å². The Hall–Kier alpha value is -3.33. The predicted molar refractivity (Wildman–Crippen MR) is 123 cm³/mol. The van der Waals surface area contributed by atoms with Crippen molar-refractivity contribution in [2.75, 3.05) is 30.4 Å². The van der Waals surface area contributed by atoms with Gasteiger partial charge in [0.05, 0.1) is 11.6 Å². The Kier molecular flexibility index (Phi) is 7.45. The first kappa shape index (κ1) is 21.4. The molecule has 0 bridgehead atoms. The Labute approximate surface area is 181 Å². The summed E-state index contributed by atoms with van der Waals surface area (Å²) in [6.07, 6.45) is 0.811. The van der Waals surface area contributed by atoms with E-state index >= 15 is 0 Å². The highest BCUT2D eigenvalue weighted by Crippen LogP contribution is 2.25. The number of anilines is 2. The largest absolute Gasteiger partial charge is 0.326 e. The SMILES string of the molecule is CNCCCN(C(=O)Nc1cccc(Cl)c1)c1ccc(-c2cccc(C#N)c2)cc1. The third-order valence-corrected chi connectivity index (χ3v) is 4.87. The van der Waals surface area contributed by atoms with Gasteiger partial charge >= 0.3 is 6.03 Å². The lowest BCUT2D eigenvalue weighted by molar-refractivity contribution is 0.257. The first-order valence-electron chi connectivity index (χ1n) is 9.70. The van der Waals surface area contributed by atoms with E-state index in [1.807, 2.05) is 49.5 Å². The molecule has 0 aliphatic carbocycles. The maximum Gasteiger partial charge on any atom is 0.326 e. The monoisotopic (exact) mass is 418 g/mol. The highest BCUT2D eigenvalue weighted by molar-refractivity contribution is 6.30. The second-order valence-corrected chi connectivity index (χ2v) is 7.23. The summed E-state index contributed by atoms with van der Waals surface area (Å²) in [7, 11) is 1.89. The number of hydrogen-bond acceptors (Lipinski definition) is 3. The van der Waals surface area contributed by atoms with Gasteiger partial charge in [0.15, 0.2) is 0 Å². The van der Waals surface area contributed by atoms with Crippen LogP contribution >= 0.6 is 11.6 Å². The van der Waals surface area contributed by atoms with Gasteiger partial charge in [-0.3, -0.25) is 4.90 Å². The number of carbonyl (C=O) groups excluding carboxylic acids is 1. The van der Waals surface area contributed by atoms with Crippen LogP contribution in [0, 0.1) is 11.3 Å². The van der Waals surface area contributed by atoms with Gasteiger partial charge in [-0.15, -0.1) is 0 Å². The quantitative estimate of drug-likeness (QED) is 0.496. The van der Waals surface area contributed by atoms with Crippen LogP contribution in [0.2, 0.25) is 5.02 Å². The maximum atomic E-state index is 13.0. The number of carbonyl (C=O) groups is 1. The molecule has 2 N–H and O–H groups in total. The molecule has 5 nitrogen and oxygen atoms in total. The summed E-state index contributed by atoms with van der Waals surface area (Å²) in [4.78, 5) is 14.7. The number of amides is 2. The van der Waals surface area contributed by atoms with Gasteiger partial charge in [0.1, 0.15) is 0 Å². The minimum absolute atomic E-state index is 0.215. The van der Waals surface area contributed by atoms with Crippen molar-refractivity contribution in [2.45, 2.75) is 6.42 Å². The van der Waals surface area contributed by atoms with Crippen LogP contribution in [0.4, 0.5) is 16.2 Å². The summed E-state index contributed by atoms with van der Waals surface area (Å²) in [6.45, 7) is 1.37. The summed E-state index contributed by atoms with van der Waals surface area (Å²) < 4.78 is 0. The van der Waals surface area contributed by atoms with Crippen LogP contribution in [0.15, 0.2) is 72.8 Å².